The number of pyridine rings is 1. The van der Waals surface area contributed by atoms with Gasteiger partial charge in [-0.15, -0.1) is 0 Å². The molecule has 0 saturated heterocycles. The van der Waals surface area contributed by atoms with Crippen molar-refractivity contribution in [1.82, 2.24) is 0 Å². The maximum Gasteiger partial charge on any atom is 0.274 e. The monoisotopic (exact) mass is 291 g/mol. The second-order valence-electron chi connectivity index (χ2n) is 4.80. The summed E-state index contributed by atoms with van der Waals surface area (Å²) in [5.74, 6) is 1.06. The molecule has 3 N–H and O–H groups in total. The highest BCUT2D eigenvalue weighted by molar-refractivity contribution is 5.78. The van der Waals surface area contributed by atoms with Crippen LogP contribution in [0.2, 0.25) is 0 Å². The summed E-state index contributed by atoms with van der Waals surface area (Å²) in [6.07, 6.45) is 1.06. The van der Waals surface area contributed by atoms with Crippen LogP contribution in [-0.2, 0) is 13.5 Å². The molecule has 1 aromatic heterocycles. The fourth-order valence-electron chi connectivity index (χ4n) is 2.27. The van der Waals surface area contributed by atoms with Gasteiger partial charge in [0.25, 0.3) is 5.82 Å². The molecule has 0 aliphatic carbocycles. The number of rotatable bonds is 3. The molecule has 0 bridgehead atoms. The topological polar surface area (TPSA) is 41.9 Å². The first-order valence-corrected chi connectivity index (χ1v) is 6.64. The molecular weight excluding hydrogens is 270 g/mol. The molecule has 20 heavy (non-hydrogen) atoms. The summed E-state index contributed by atoms with van der Waals surface area (Å²) in [5.41, 5.74) is 11.8. The Morgan fingerprint density at radius 2 is 1.80 bits per heavy atom. The van der Waals surface area contributed by atoms with Gasteiger partial charge in [0.1, 0.15) is 5.69 Å². The van der Waals surface area contributed by atoms with Crippen LogP contribution in [-0.4, -0.2) is 7.05 Å². The van der Waals surface area contributed by atoms with Crippen molar-refractivity contribution in [3.63, 3.8) is 0 Å². The summed E-state index contributed by atoms with van der Waals surface area (Å²) in [5, 5.41) is 3.20. The number of nitrogens with two attached hydrogens (primary N) is 1. The first-order valence-electron chi connectivity index (χ1n) is 6.64. The Morgan fingerprint density at radius 1 is 1.20 bits per heavy atom. The van der Waals surface area contributed by atoms with E-state index in [2.05, 4.69) is 47.1 Å². The van der Waals surface area contributed by atoms with Gasteiger partial charge in [-0.25, -0.2) is 4.57 Å². The molecule has 0 saturated carbocycles. The molecule has 1 heterocycles. The van der Waals surface area contributed by atoms with E-state index < -0.39 is 0 Å². The van der Waals surface area contributed by atoms with E-state index in [4.69, 9.17) is 5.73 Å². The highest BCUT2D eigenvalue weighted by Gasteiger charge is 2.15. The van der Waals surface area contributed by atoms with Crippen molar-refractivity contribution in [2.45, 2.75) is 20.3 Å². The van der Waals surface area contributed by atoms with Crippen molar-refractivity contribution in [2.24, 2.45) is 7.05 Å². The van der Waals surface area contributed by atoms with Gasteiger partial charge in [-0.2, -0.15) is 0 Å². The van der Waals surface area contributed by atoms with Gasteiger partial charge in [0.2, 0.25) is 0 Å². The van der Waals surface area contributed by atoms with E-state index in [9.17, 15) is 0 Å². The molecule has 2 rings (SSSR count). The van der Waals surface area contributed by atoms with E-state index in [0.29, 0.717) is 0 Å². The van der Waals surface area contributed by atoms with Crippen LogP contribution < -0.4 is 28.0 Å². The Balaban J connectivity index is 0.00000200. The molecule has 0 atom stereocenters. The smallest absolute Gasteiger partial charge is 0.274 e. The van der Waals surface area contributed by atoms with Gasteiger partial charge in [-0.1, -0.05) is 31.2 Å². The normalized spacial score (nSPS) is 10.0. The Bertz CT molecular complexity index is 592. The molecule has 3 nitrogen and oxygen atoms in total. The molecule has 0 aliphatic heterocycles. The van der Waals surface area contributed by atoms with Crippen LogP contribution in [0.4, 0.5) is 11.5 Å². The molecule has 0 spiro atoms. The zero-order chi connectivity index (χ0) is 14.0. The predicted octanol–water partition coefficient (Wildman–Crippen LogP) is -0.323. The lowest BCUT2D eigenvalue weighted by Gasteiger charge is -2.12. The summed E-state index contributed by atoms with van der Waals surface area (Å²) < 4.78 is 2.07. The minimum atomic E-state index is 0. The lowest BCUT2D eigenvalue weighted by molar-refractivity contribution is -0.662. The highest BCUT2D eigenvalue weighted by Crippen LogP contribution is 2.29. The van der Waals surface area contributed by atoms with Crippen LogP contribution in [0.25, 0.3) is 11.1 Å². The van der Waals surface area contributed by atoms with Crippen molar-refractivity contribution < 1.29 is 17.0 Å². The number of hydrogen-bond acceptors (Lipinski definition) is 2. The lowest BCUT2D eigenvalue weighted by Crippen LogP contribution is -3.00. The number of nitrogens with one attached hydrogen (secondary N) is 1. The number of hydrogen-bond donors (Lipinski definition) is 2. The summed E-state index contributed by atoms with van der Waals surface area (Å²) >= 11 is 0. The Kier molecular flexibility index (Phi) is 5.40. The van der Waals surface area contributed by atoms with Gasteiger partial charge in [-0.3, -0.25) is 5.32 Å². The molecule has 0 aliphatic rings. The molecule has 0 unspecified atom stereocenters. The van der Waals surface area contributed by atoms with Crippen molar-refractivity contribution in [3.05, 3.63) is 41.6 Å². The summed E-state index contributed by atoms with van der Waals surface area (Å²) in [6, 6.07) is 10.7. The summed E-state index contributed by atoms with van der Waals surface area (Å²) in [6.45, 7) is 4.20. The molecule has 4 heteroatoms. The number of benzene rings is 1. The van der Waals surface area contributed by atoms with E-state index in [1.165, 1.54) is 5.56 Å². The second kappa shape index (κ2) is 6.62. The second-order valence-corrected chi connectivity index (χ2v) is 4.80. The van der Waals surface area contributed by atoms with Crippen LogP contribution >= 0.6 is 0 Å². The third-order valence-corrected chi connectivity index (χ3v) is 3.75. The van der Waals surface area contributed by atoms with Gasteiger partial charge >= 0.3 is 0 Å². The molecule has 2 aromatic rings. The average Bonchev–Trinajstić information content (AvgIpc) is 2.45. The zero-order valence-electron chi connectivity index (χ0n) is 12.5. The van der Waals surface area contributed by atoms with Gasteiger partial charge in [-0.05, 0) is 24.5 Å². The van der Waals surface area contributed by atoms with Gasteiger partial charge in [0, 0.05) is 11.6 Å². The quantitative estimate of drug-likeness (QED) is 0.761. The number of aryl methyl sites for hydroxylation is 1. The third-order valence-electron chi connectivity index (χ3n) is 3.75. The van der Waals surface area contributed by atoms with Crippen molar-refractivity contribution in [3.8, 4) is 11.1 Å². The average molecular weight is 292 g/mol. The number of nitrogen functional groups attached to an aromatic ring is 1. The molecule has 0 amide bonds. The number of anilines is 2. The van der Waals surface area contributed by atoms with E-state index in [0.717, 1.165) is 34.7 Å². The Labute approximate surface area is 127 Å². The number of halogens is 1. The molecule has 108 valence electrons. The molecule has 0 radical (unpaired) electrons. The van der Waals surface area contributed by atoms with Crippen molar-refractivity contribution in [2.75, 3.05) is 18.1 Å². The van der Waals surface area contributed by atoms with Gasteiger partial charge in [0.15, 0.2) is 0 Å². The third kappa shape index (κ3) is 2.88. The standard InChI is InChI=1S/C16H21N3.ClH/c1-5-12-6-8-13(9-7-12)14-10-15(18-3)19(4)11(2)16(14)17;/h6-10H,5,17H2,1-4H3;1H. The maximum atomic E-state index is 6.26. The fraction of sp³-hybridized carbons (Fsp3) is 0.312. The SMILES string of the molecule is CCc1ccc(-c2cc(NC)[n+](C)c(C)c2N)cc1.[Cl-]. The van der Waals surface area contributed by atoms with Gasteiger partial charge in [0.05, 0.1) is 19.8 Å². The van der Waals surface area contributed by atoms with E-state index in [1.54, 1.807) is 0 Å². The van der Waals surface area contributed by atoms with Crippen molar-refractivity contribution >= 4 is 11.5 Å². The predicted molar refractivity (Wildman–Crippen MR) is 81.1 cm³/mol. The van der Waals surface area contributed by atoms with Gasteiger partial charge < -0.3 is 18.1 Å². The first-order chi connectivity index (χ1) is 9.08. The first kappa shape index (κ1) is 16.3. The van der Waals surface area contributed by atoms with Crippen molar-refractivity contribution in [1.29, 1.82) is 0 Å². The number of aromatic nitrogens is 1. The number of nitrogens with zero attached hydrogens (tertiary/aromatic N) is 1. The minimum absolute atomic E-state index is 0. The largest absolute Gasteiger partial charge is 1.00 e. The Hall–Kier alpha value is -1.74. The van der Waals surface area contributed by atoms with E-state index in [-0.39, 0.29) is 12.4 Å². The Morgan fingerprint density at radius 3 is 2.30 bits per heavy atom. The highest BCUT2D eigenvalue weighted by atomic mass is 35.5. The molecule has 0 fully saturated rings. The molecular formula is C16H22ClN3. The van der Waals surface area contributed by atoms with Crippen LogP contribution in [0.5, 0.6) is 0 Å². The van der Waals surface area contributed by atoms with Crippen LogP contribution in [0, 0.1) is 6.92 Å². The minimum Gasteiger partial charge on any atom is -1.00 e. The van der Waals surface area contributed by atoms with E-state index >= 15 is 0 Å². The molecule has 1 aromatic carbocycles. The van der Waals surface area contributed by atoms with Crippen LogP contribution in [0.1, 0.15) is 18.2 Å². The van der Waals surface area contributed by atoms with Crippen LogP contribution in [0.3, 0.4) is 0 Å². The summed E-state index contributed by atoms with van der Waals surface area (Å²) in [7, 11) is 3.94. The maximum absolute atomic E-state index is 6.26. The zero-order valence-corrected chi connectivity index (χ0v) is 13.3. The van der Waals surface area contributed by atoms with Crippen LogP contribution in [0.15, 0.2) is 30.3 Å². The van der Waals surface area contributed by atoms with E-state index in [1.807, 2.05) is 21.0 Å². The lowest BCUT2D eigenvalue weighted by atomic mass is 10.0. The fourth-order valence-corrected chi connectivity index (χ4v) is 2.27. The summed E-state index contributed by atoms with van der Waals surface area (Å²) in [4.78, 5) is 0.